The Bertz CT molecular complexity index is 1990. The summed E-state index contributed by atoms with van der Waals surface area (Å²) in [6.07, 6.45) is 0.794. The molecule has 318 valence electrons. The number of aromatic nitrogens is 1. The quantitative estimate of drug-likeness (QED) is 0.0752. The molecular formula is C39H51N9O9S2. The number of benzene rings is 2. The predicted octanol–water partition coefficient (Wildman–Crippen LogP) is 2.31. The molecular weight excluding hydrogens is 803 g/mol. The molecule has 1 aliphatic rings. The van der Waals surface area contributed by atoms with Gasteiger partial charge in [-0.3, -0.25) is 29.0 Å². The maximum absolute atomic E-state index is 13.7. The van der Waals surface area contributed by atoms with Gasteiger partial charge in [-0.05, 0) is 76.5 Å². The van der Waals surface area contributed by atoms with Crippen LogP contribution in [0.25, 0.3) is 10.2 Å². The van der Waals surface area contributed by atoms with E-state index >= 15 is 0 Å². The highest BCUT2D eigenvalue weighted by Gasteiger charge is 2.30. The molecule has 1 aliphatic heterocycles. The Morgan fingerprint density at radius 2 is 1.73 bits per heavy atom. The minimum Gasteiger partial charge on any atom is -0.480 e. The fourth-order valence-corrected chi connectivity index (χ4v) is 7.98. The first-order valence-electron chi connectivity index (χ1n) is 19.1. The Morgan fingerprint density at radius 1 is 0.966 bits per heavy atom. The van der Waals surface area contributed by atoms with Gasteiger partial charge in [-0.15, -0.1) is 23.1 Å². The van der Waals surface area contributed by atoms with Gasteiger partial charge in [0.15, 0.2) is 6.04 Å². The first kappa shape index (κ1) is 46.1. The number of nitrogens with zero attached hydrogens (tertiary/aromatic N) is 4. The van der Waals surface area contributed by atoms with E-state index in [2.05, 4.69) is 31.2 Å². The summed E-state index contributed by atoms with van der Waals surface area (Å²) in [7, 11) is 3.84. The van der Waals surface area contributed by atoms with Crippen LogP contribution in [-0.2, 0) is 40.1 Å². The highest BCUT2D eigenvalue weighted by atomic mass is 32.2. The van der Waals surface area contributed by atoms with Crippen molar-refractivity contribution >= 4 is 85.6 Å². The zero-order valence-electron chi connectivity index (χ0n) is 33.2. The molecule has 0 bridgehead atoms. The molecule has 0 fully saturated rings. The Morgan fingerprint density at radius 3 is 2.41 bits per heavy atom. The minimum atomic E-state index is -1.22. The van der Waals surface area contributed by atoms with Crippen molar-refractivity contribution in [3.8, 4) is 0 Å². The number of ether oxygens (including phenoxy) is 1. The second-order valence-electron chi connectivity index (χ2n) is 14.0. The Kier molecular flexibility index (Phi) is 18.1. The molecule has 2 heterocycles. The van der Waals surface area contributed by atoms with Gasteiger partial charge in [0.25, 0.3) is 0 Å². The number of carbonyl (C=O) groups is 7. The van der Waals surface area contributed by atoms with Crippen LogP contribution in [0, 0.1) is 0 Å². The van der Waals surface area contributed by atoms with Crippen LogP contribution in [0.3, 0.4) is 0 Å². The number of anilines is 1. The number of aliphatic imine (C=N–C) groups is 1. The Hall–Kier alpha value is -5.60. The molecule has 2 aromatic carbocycles. The van der Waals surface area contributed by atoms with Crippen LogP contribution in [0.4, 0.5) is 10.5 Å². The van der Waals surface area contributed by atoms with Gasteiger partial charge < -0.3 is 46.6 Å². The summed E-state index contributed by atoms with van der Waals surface area (Å²) in [5, 5.41) is 21.0. The average molecular weight is 854 g/mol. The normalized spacial score (nSPS) is 14.5. The van der Waals surface area contributed by atoms with E-state index in [4.69, 9.17) is 10.5 Å². The zero-order valence-corrected chi connectivity index (χ0v) is 34.9. The molecule has 0 aliphatic carbocycles. The lowest BCUT2D eigenvalue weighted by Crippen LogP contribution is -2.54. The average Bonchev–Trinajstić information content (AvgIpc) is 3.87. The highest BCUT2D eigenvalue weighted by Crippen LogP contribution is 2.31. The number of nitrogens with one attached hydrogen (secondary N) is 4. The predicted molar refractivity (Wildman–Crippen MR) is 225 cm³/mol. The number of carbonyl (C=O) groups excluding carboxylic acids is 6. The largest absolute Gasteiger partial charge is 0.480 e. The van der Waals surface area contributed by atoms with Gasteiger partial charge in [-0.2, -0.15) is 0 Å². The van der Waals surface area contributed by atoms with Gasteiger partial charge >= 0.3 is 12.1 Å². The Balaban J connectivity index is 1.37. The molecule has 6 amide bonds. The molecule has 4 rings (SSSR count). The number of primary amides is 1. The fraction of sp³-hybridized carbons (Fsp3) is 0.462. The molecule has 3 atom stereocenters. The van der Waals surface area contributed by atoms with Crippen LogP contribution >= 0.6 is 23.1 Å². The molecule has 3 unspecified atom stereocenters. The molecule has 1 aromatic heterocycles. The molecule has 7 N–H and O–H groups in total. The number of hydrogen-bond acceptors (Lipinski definition) is 13. The summed E-state index contributed by atoms with van der Waals surface area (Å²) in [6.45, 7) is 1.79. The highest BCUT2D eigenvalue weighted by molar-refractivity contribution is 8.15. The number of amides is 6. The molecule has 0 spiro atoms. The molecule has 59 heavy (non-hydrogen) atoms. The molecule has 18 nitrogen and oxygen atoms in total. The minimum absolute atomic E-state index is 0.0528. The molecule has 0 radical (unpaired) electrons. The third-order valence-electron chi connectivity index (χ3n) is 8.84. The van der Waals surface area contributed by atoms with Crippen LogP contribution in [0.5, 0.6) is 0 Å². The number of aliphatic carboxylic acids is 1. The zero-order chi connectivity index (χ0) is 42.9. The maximum Gasteiger partial charge on any atom is 0.408 e. The topological polar surface area (TPSA) is 255 Å². The van der Waals surface area contributed by atoms with Gasteiger partial charge in [0.1, 0.15) is 28.7 Å². The van der Waals surface area contributed by atoms with Gasteiger partial charge in [-0.25, -0.2) is 14.6 Å². The van der Waals surface area contributed by atoms with Gasteiger partial charge in [0.2, 0.25) is 29.5 Å². The van der Waals surface area contributed by atoms with E-state index < -0.39 is 72.8 Å². The number of fused-ring (bicyclic) bond motifs is 1. The number of carboxylic acids is 1. The monoisotopic (exact) mass is 853 g/mol. The van der Waals surface area contributed by atoms with E-state index in [-0.39, 0.29) is 32.4 Å². The number of alkyl carbamates (subject to hydrolysis) is 1. The summed E-state index contributed by atoms with van der Waals surface area (Å²) in [5.41, 5.74) is 7.19. The van der Waals surface area contributed by atoms with E-state index in [0.29, 0.717) is 39.8 Å². The lowest BCUT2D eigenvalue weighted by atomic mass is 10.1. The van der Waals surface area contributed by atoms with Gasteiger partial charge in [0, 0.05) is 24.4 Å². The molecule has 20 heteroatoms. The lowest BCUT2D eigenvalue weighted by Gasteiger charge is -2.28. The number of nitrogens with two attached hydrogens (primary N) is 1. The SMILES string of the molecule is CCCN(CC(=O)NC(CCCCN(C)C)C(=O)NCC(=O)Nc1ccc2nc(C3=NC(C(=O)O)CS3)sc2c1)C(=O)C(CCC(N)=O)NC(=O)OCc1ccccc1. The number of carboxylic acid groups (broad SMARTS) is 1. The lowest BCUT2D eigenvalue weighted by molar-refractivity contribution is -0.139. The molecule has 0 saturated heterocycles. The summed E-state index contributed by atoms with van der Waals surface area (Å²) in [6, 6.07) is 11.0. The maximum atomic E-state index is 13.7. The second-order valence-corrected chi connectivity index (χ2v) is 16.0. The van der Waals surface area contributed by atoms with Crippen molar-refractivity contribution < 1.29 is 43.4 Å². The number of unbranched alkanes of at least 4 members (excludes halogenated alkanes) is 1. The standard InChI is InChI=1S/C39H51N9O9S2/c1-4-17-48(37(53)28(15-16-31(40)49)46-39(56)57-22-24-10-6-5-7-11-24)21-33(51)43-27(12-8-9-18-47(2)3)34(52)41-20-32(50)42-25-13-14-26-30(19-25)59-36(44-26)35-45-29(23-58-35)38(54)55/h5-7,10-11,13-14,19,27-29H,4,8-9,12,15-18,20-23H2,1-3H3,(H2,40,49)(H,41,52)(H,42,50)(H,43,51)(H,46,56)(H,54,55). The molecule has 3 aromatic rings. The van der Waals surface area contributed by atoms with Crippen molar-refractivity contribution in [1.29, 1.82) is 0 Å². The summed E-state index contributed by atoms with van der Waals surface area (Å²) >= 11 is 2.64. The first-order chi connectivity index (χ1) is 28.2. The van der Waals surface area contributed by atoms with Crippen LogP contribution in [0.1, 0.15) is 56.0 Å². The summed E-state index contributed by atoms with van der Waals surface area (Å²) in [5.74, 6) is -3.72. The fourth-order valence-electron chi connectivity index (χ4n) is 5.87. The molecule has 0 saturated carbocycles. The van der Waals surface area contributed by atoms with E-state index in [1.807, 2.05) is 25.1 Å². The third-order valence-corrected chi connectivity index (χ3v) is 11.0. The smallest absolute Gasteiger partial charge is 0.408 e. The number of rotatable bonds is 23. The van der Waals surface area contributed by atoms with Crippen LogP contribution in [-0.4, -0.2) is 131 Å². The second kappa shape index (κ2) is 23.1. The van der Waals surface area contributed by atoms with E-state index in [0.717, 1.165) is 23.2 Å². The van der Waals surface area contributed by atoms with Crippen molar-refractivity contribution in [2.75, 3.05) is 51.3 Å². The van der Waals surface area contributed by atoms with E-state index in [1.165, 1.54) is 28.0 Å². The van der Waals surface area contributed by atoms with E-state index in [9.17, 15) is 38.7 Å². The van der Waals surface area contributed by atoms with Crippen molar-refractivity contribution in [1.82, 2.24) is 30.7 Å². The van der Waals surface area contributed by atoms with Crippen LogP contribution in [0.15, 0.2) is 53.5 Å². The van der Waals surface area contributed by atoms with Crippen molar-refractivity contribution in [2.24, 2.45) is 10.7 Å². The Labute approximate surface area is 350 Å². The van der Waals surface area contributed by atoms with Crippen molar-refractivity contribution in [3.05, 3.63) is 59.1 Å². The summed E-state index contributed by atoms with van der Waals surface area (Å²) in [4.78, 5) is 101. The van der Waals surface area contributed by atoms with Crippen LogP contribution in [0.2, 0.25) is 0 Å². The number of thioether (sulfide) groups is 1. The van der Waals surface area contributed by atoms with Crippen LogP contribution < -0.4 is 27.0 Å². The number of thiazole rings is 1. The van der Waals surface area contributed by atoms with Gasteiger partial charge in [-0.1, -0.05) is 37.3 Å². The third kappa shape index (κ3) is 15.3. The number of hydrogen-bond donors (Lipinski definition) is 6. The first-order valence-corrected chi connectivity index (χ1v) is 20.9. The van der Waals surface area contributed by atoms with Crippen molar-refractivity contribution in [2.45, 2.75) is 70.2 Å². The van der Waals surface area contributed by atoms with Gasteiger partial charge in [0.05, 0.1) is 23.3 Å². The van der Waals surface area contributed by atoms with E-state index in [1.54, 1.807) is 49.4 Å². The summed E-state index contributed by atoms with van der Waals surface area (Å²) < 4.78 is 6.03. The van der Waals surface area contributed by atoms with Crippen molar-refractivity contribution in [3.63, 3.8) is 0 Å².